The van der Waals surface area contributed by atoms with Crippen LogP contribution >= 0.6 is 0 Å². The van der Waals surface area contributed by atoms with Crippen LogP contribution in [0.3, 0.4) is 0 Å². The highest BCUT2D eigenvalue weighted by molar-refractivity contribution is 5.21. The first-order chi connectivity index (χ1) is 6.66. The van der Waals surface area contributed by atoms with E-state index in [1.54, 1.807) is 25.3 Å². The highest BCUT2D eigenvalue weighted by Crippen LogP contribution is 2.20. The fourth-order valence-corrected chi connectivity index (χ4v) is 1.31. The van der Waals surface area contributed by atoms with Crippen LogP contribution in [0.15, 0.2) is 18.3 Å². The summed E-state index contributed by atoms with van der Waals surface area (Å²) < 4.78 is 0. The fourth-order valence-electron chi connectivity index (χ4n) is 1.31. The van der Waals surface area contributed by atoms with Crippen LogP contribution in [0, 0.1) is 6.92 Å². The number of aromatic nitrogens is 1. The molecule has 4 nitrogen and oxygen atoms in total. The second-order valence-corrected chi connectivity index (χ2v) is 3.20. The Bertz CT molecular complexity index is 290. The minimum atomic E-state index is -0.976. The Hall–Kier alpha value is -0.970. The van der Waals surface area contributed by atoms with Gasteiger partial charge in [-0.05, 0) is 19.4 Å². The van der Waals surface area contributed by atoms with E-state index in [1.807, 2.05) is 0 Å². The molecule has 1 rings (SSSR count). The number of hydrogen-bond acceptors (Lipinski definition) is 4. The van der Waals surface area contributed by atoms with E-state index >= 15 is 0 Å². The first-order valence-corrected chi connectivity index (χ1v) is 4.55. The zero-order chi connectivity index (χ0) is 10.6. The summed E-state index contributed by atoms with van der Waals surface area (Å²) in [6, 6.07) is 3.42. The zero-order valence-corrected chi connectivity index (χ0v) is 8.09. The van der Waals surface area contributed by atoms with E-state index in [2.05, 4.69) is 4.98 Å². The molecule has 0 aromatic carbocycles. The first kappa shape index (κ1) is 11.1. The van der Waals surface area contributed by atoms with Crippen LogP contribution in [-0.2, 0) is 0 Å². The predicted octanol–water partition coefficient (Wildman–Crippen LogP) is 0.167. The third-order valence-corrected chi connectivity index (χ3v) is 2.16. The molecule has 2 atom stereocenters. The van der Waals surface area contributed by atoms with Crippen molar-refractivity contribution in [2.45, 2.75) is 25.6 Å². The molecule has 0 aliphatic heterocycles. The van der Waals surface area contributed by atoms with Crippen molar-refractivity contribution in [3.63, 3.8) is 0 Å². The zero-order valence-electron chi connectivity index (χ0n) is 8.09. The highest BCUT2D eigenvalue weighted by atomic mass is 16.3. The van der Waals surface area contributed by atoms with E-state index in [1.165, 1.54) is 0 Å². The number of aryl methyl sites for hydroxylation is 1. The molecule has 2 unspecified atom stereocenters. The van der Waals surface area contributed by atoms with E-state index in [-0.39, 0.29) is 13.0 Å². The topological polar surface area (TPSA) is 73.6 Å². The Morgan fingerprint density at radius 3 is 2.71 bits per heavy atom. The smallest absolute Gasteiger partial charge is 0.107 e. The quantitative estimate of drug-likeness (QED) is 0.643. The second kappa shape index (κ2) is 5.05. The van der Waals surface area contributed by atoms with Crippen molar-refractivity contribution in [2.24, 2.45) is 0 Å². The van der Waals surface area contributed by atoms with Crippen LogP contribution in [0.4, 0.5) is 0 Å². The van der Waals surface area contributed by atoms with Crippen molar-refractivity contribution in [2.75, 3.05) is 6.61 Å². The lowest BCUT2D eigenvalue weighted by atomic mass is 10.0. The Morgan fingerprint density at radius 2 is 2.14 bits per heavy atom. The van der Waals surface area contributed by atoms with E-state index in [4.69, 9.17) is 5.11 Å². The summed E-state index contributed by atoms with van der Waals surface area (Å²) in [5.74, 6) is 0. The normalized spacial score (nSPS) is 15.1. The van der Waals surface area contributed by atoms with E-state index < -0.39 is 12.2 Å². The summed E-state index contributed by atoms with van der Waals surface area (Å²) in [5.41, 5.74) is 1.30. The van der Waals surface area contributed by atoms with Crippen molar-refractivity contribution in [1.29, 1.82) is 0 Å². The molecule has 0 aliphatic carbocycles. The van der Waals surface area contributed by atoms with Gasteiger partial charge < -0.3 is 15.3 Å². The summed E-state index contributed by atoms with van der Waals surface area (Å²) in [6.07, 6.45) is -0.127. The highest BCUT2D eigenvalue weighted by Gasteiger charge is 2.19. The van der Waals surface area contributed by atoms with Gasteiger partial charge in [0.05, 0.1) is 6.10 Å². The first-order valence-electron chi connectivity index (χ1n) is 4.55. The van der Waals surface area contributed by atoms with Gasteiger partial charge in [-0.15, -0.1) is 0 Å². The molecule has 4 heteroatoms. The number of nitrogens with zero attached hydrogens (tertiary/aromatic N) is 1. The third kappa shape index (κ3) is 2.51. The van der Waals surface area contributed by atoms with Gasteiger partial charge in [-0.2, -0.15) is 0 Å². The molecule has 78 valence electrons. The lowest BCUT2D eigenvalue weighted by molar-refractivity contribution is 0.00367. The summed E-state index contributed by atoms with van der Waals surface area (Å²) in [7, 11) is 0. The molecule has 0 saturated heterocycles. The van der Waals surface area contributed by atoms with Gasteiger partial charge in [0.2, 0.25) is 0 Å². The molecule has 1 aromatic heterocycles. The third-order valence-electron chi connectivity index (χ3n) is 2.16. The van der Waals surface area contributed by atoms with Crippen molar-refractivity contribution < 1.29 is 15.3 Å². The van der Waals surface area contributed by atoms with Crippen LogP contribution in [0.5, 0.6) is 0 Å². The van der Waals surface area contributed by atoms with Gasteiger partial charge in [-0.1, -0.05) is 6.07 Å². The number of hydrogen-bond donors (Lipinski definition) is 3. The van der Waals surface area contributed by atoms with Crippen molar-refractivity contribution >= 4 is 0 Å². The van der Waals surface area contributed by atoms with Gasteiger partial charge in [0, 0.05) is 24.1 Å². The molecule has 1 heterocycles. The SMILES string of the molecule is Cc1ncccc1C(O)C(O)CCO. The molecule has 0 saturated carbocycles. The number of pyridine rings is 1. The van der Waals surface area contributed by atoms with E-state index in [9.17, 15) is 10.2 Å². The molecule has 0 spiro atoms. The van der Waals surface area contributed by atoms with Gasteiger partial charge >= 0.3 is 0 Å². The summed E-state index contributed by atoms with van der Waals surface area (Å²) in [4.78, 5) is 4.01. The maximum Gasteiger partial charge on any atom is 0.107 e. The Balaban J connectivity index is 2.78. The van der Waals surface area contributed by atoms with E-state index in [0.717, 1.165) is 0 Å². The summed E-state index contributed by atoms with van der Waals surface area (Å²) in [6.45, 7) is 1.63. The van der Waals surface area contributed by atoms with Gasteiger partial charge in [0.25, 0.3) is 0 Å². The number of aliphatic hydroxyl groups excluding tert-OH is 3. The predicted molar refractivity (Wildman–Crippen MR) is 51.6 cm³/mol. The van der Waals surface area contributed by atoms with Gasteiger partial charge in [-0.25, -0.2) is 0 Å². The molecule has 0 aliphatic rings. The molecule has 0 amide bonds. The standard InChI is InChI=1S/C10H15NO3/c1-7-8(3-2-5-11-7)10(14)9(13)4-6-12/h2-3,5,9-10,12-14H,4,6H2,1H3. The van der Waals surface area contributed by atoms with Crippen LogP contribution in [0.2, 0.25) is 0 Å². The molecule has 14 heavy (non-hydrogen) atoms. The van der Waals surface area contributed by atoms with Crippen LogP contribution in [0.1, 0.15) is 23.8 Å². The lowest BCUT2D eigenvalue weighted by Crippen LogP contribution is -2.20. The molecular formula is C10H15NO3. The summed E-state index contributed by atoms with van der Waals surface area (Å²) in [5, 5.41) is 27.8. The average molecular weight is 197 g/mol. The molecule has 0 bridgehead atoms. The Labute approximate surface area is 82.9 Å². The number of rotatable bonds is 4. The molecule has 0 fully saturated rings. The average Bonchev–Trinajstić information content (AvgIpc) is 2.18. The second-order valence-electron chi connectivity index (χ2n) is 3.20. The Kier molecular flexibility index (Phi) is 4.00. The Morgan fingerprint density at radius 1 is 1.43 bits per heavy atom. The van der Waals surface area contributed by atoms with Crippen molar-refractivity contribution in [3.8, 4) is 0 Å². The maximum absolute atomic E-state index is 9.70. The molecule has 0 radical (unpaired) electrons. The monoisotopic (exact) mass is 197 g/mol. The van der Waals surface area contributed by atoms with Crippen molar-refractivity contribution in [3.05, 3.63) is 29.6 Å². The largest absolute Gasteiger partial charge is 0.396 e. The molecular weight excluding hydrogens is 182 g/mol. The minimum absolute atomic E-state index is 0.141. The maximum atomic E-state index is 9.70. The minimum Gasteiger partial charge on any atom is -0.396 e. The van der Waals surface area contributed by atoms with Crippen molar-refractivity contribution in [1.82, 2.24) is 4.98 Å². The lowest BCUT2D eigenvalue weighted by Gasteiger charge is -2.18. The van der Waals surface area contributed by atoms with E-state index in [0.29, 0.717) is 11.3 Å². The molecule has 1 aromatic rings. The van der Waals surface area contributed by atoms with Gasteiger partial charge in [0.1, 0.15) is 6.10 Å². The fraction of sp³-hybridized carbons (Fsp3) is 0.500. The van der Waals surface area contributed by atoms with Crippen LogP contribution in [0.25, 0.3) is 0 Å². The van der Waals surface area contributed by atoms with Crippen LogP contribution < -0.4 is 0 Å². The van der Waals surface area contributed by atoms with Gasteiger partial charge in [-0.3, -0.25) is 4.98 Å². The number of aliphatic hydroxyl groups is 3. The van der Waals surface area contributed by atoms with Gasteiger partial charge in [0.15, 0.2) is 0 Å². The van der Waals surface area contributed by atoms with Crippen LogP contribution in [-0.4, -0.2) is 33.0 Å². The molecule has 3 N–H and O–H groups in total. The summed E-state index contributed by atoms with van der Waals surface area (Å²) >= 11 is 0.